The van der Waals surface area contributed by atoms with Gasteiger partial charge in [0.1, 0.15) is 0 Å². The van der Waals surface area contributed by atoms with Crippen LogP contribution in [0.1, 0.15) is 30.8 Å². The van der Waals surface area contributed by atoms with Gasteiger partial charge in [-0.15, -0.1) is 11.3 Å². The first-order valence-electron chi connectivity index (χ1n) is 7.12. The maximum absolute atomic E-state index is 4.41. The van der Waals surface area contributed by atoms with Crippen molar-refractivity contribution < 1.29 is 0 Å². The second-order valence-corrected chi connectivity index (χ2v) is 5.80. The fourth-order valence-electron chi connectivity index (χ4n) is 1.91. The fourth-order valence-corrected chi connectivity index (χ4v) is 2.80. The van der Waals surface area contributed by atoms with Crippen molar-refractivity contribution in [1.29, 1.82) is 0 Å². The van der Waals surface area contributed by atoms with Crippen molar-refractivity contribution in [2.45, 2.75) is 33.4 Å². The molecule has 2 heterocycles. The molecule has 2 aromatic rings. The zero-order chi connectivity index (χ0) is 14.2. The molecule has 0 aliphatic rings. The summed E-state index contributed by atoms with van der Waals surface area (Å²) in [4.78, 5) is 12.5. The van der Waals surface area contributed by atoms with Crippen LogP contribution in [0.4, 0.5) is 5.13 Å². The molecule has 5 heteroatoms. The normalized spacial score (nSPS) is 10.9. The van der Waals surface area contributed by atoms with E-state index in [2.05, 4.69) is 40.1 Å². The highest BCUT2D eigenvalue weighted by molar-refractivity contribution is 7.15. The van der Waals surface area contributed by atoms with E-state index in [-0.39, 0.29) is 0 Å². The molecule has 0 aliphatic carbocycles. The Morgan fingerprint density at radius 3 is 2.80 bits per heavy atom. The van der Waals surface area contributed by atoms with Gasteiger partial charge in [0.2, 0.25) is 0 Å². The largest absolute Gasteiger partial charge is 0.362 e. The lowest BCUT2D eigenvalue weighted by Crippen LogP contribution is -2.22. The molecular formula is C15H22N4S. The van der Waals surface area contributed by atoms with Crippen molar-refractivity contribution >= 4 is 16.5 Å². The molecule has 0 bridgehead atoms. The summed E-state index contributed by atoms with van der Waals surface area (Å²) in [7, 11) is 0. The van der Waals surface area contributed by atoms with E-state index in [1.807, 2.05) is 24.5 Å². The Balaban J connectivity index is 1.91. The summed E-state index contributed by atoms with van der Waals surface area (Å²) in [6, 6.07) is 6.06. The summed E-state index contributed by atoms with van der Waals surface area (Å²) in [6.07, 6.45) is 4.95. The standard InChI is InChI=1S/C15H22N4S/c1-3-8-17-15-18-10-14(20-15)12-19(4-2)11-13-7-5-6-9-16-13/h5-7,9-10H,3-4,8,11-12H2,1-2H3,(H,17,18). The maximum atomic E-state index is 4.41. The van der Waals surface area contributed by atoms with E-state index < -0.39 is 0 Å². The third-order valence-corrected chi connectivity index (χ3v) is 3.96. The summed E-state index contributed by atoms with van der Waals surface area (Å²) in [5.74, 6) is 0. The number of nitrogens with one attached hydrogen (secondary N) is 1. The van der Waals surface area contributed by atoms with Crippen LogP contribution in [0.15, 0.2) is 30.6 Å². The average Bonchev–Trinajstić information content (AvgIpc) is 2.93. The molecule has 2 rings (SSSR count). The quantitative estimate of drug-likeness (QED) is 0.809. The number of hydrogen-bond acceptors (Lipinski definition) is 5. The van der Waals surface area contributed by atoms with Crippen LogP contribution in [0.25, 0.3) is 0 Å². The smallest absolute Gasteiger partial charge is 0.182 e. The van der Waals surface area contributed by atoms with Gasteiger partial charge in [0.05, 0.1) is 5.69 Å². The van der Waals surface area contributed by atoms with E-state index in [4.69, 9.17) is 0 Å². The van der Waals surface area contributed by atoms with E-state index in [1.165, 1.54) is 4.88 Å². The Labute approximate surface area is 124 Å². The fraction of sp³-hybridized carbons (Fsp3) is 0.467. The van der Waals surface area contributed by atoms with Crippen LogP contribution in [0.5, 0.6) is 0 Å². The molecule has 0 aliphatic heterocycles. The lowest BCUT2D eigenvalue weighted by atomic mass is 10.3. The van der Waals surface area contributed by atoms with Crippen molar-refractivity contribution in [1.82, 2.24) is 14.9 Å². The van der Waals surface area contributed by atoms with Gasteiger partial charge >= 0.3 is 0 Å². The molecule has 4 nitrogen and oxygen atoms in total. The third-order valence-electron chi connectivity index (χ3n) is 3.02. The zero-order valence-corrected chi connectivity index (χ0v) is 13.0. The van der Waals surface area contributed by atoms with Crippen molar-refractivity contribution in [2.24, 2.45) is 0 Å². The van der Waals surface area contributed by atoms with E-state index >= 15 is 0 Å². The van der Waals surface area contributed by atoms with Crippen LogP contribution < -0.4 is 5.32 Å². The SMILES string of the molecule is CCCNc1ncc(CN(CC)Cc2ccccn2)s1. The molecule has 0 saturated carbocycles. The van der Waals surface area contributed by atoms with Crippen molar-refractivity contribution in [3.05, 3.63) is 41.2 Å². The monoisotopic (exact) mass is 290 g/mol. The summed E-state index contributed by atoms with van der Waals surface area (Å²) in [5, 5.41) is 4.36. The highest BCUT2D eigenvalue weighted by Crippen LogP contribution is 2.20. The summed E-state index contributed by atoms with van der Waals surface area (Å²) < 4.78 is 0. The molecule has 0 amide bonds. The Kier molecular flexibility index (Phi) is 5.95. The molecule has 1 N–H and O–H groups in total. The first kappa shape index (κ1) is 14.9. The lowest BCUT2D eigenvalue weighted by molar-refractivity contribution is 0.270. The Morgan fingerprint density at radius 1 is 1.20 bits per heavy atom. The van der Waals surface area contributed by atoms with E-state index in [1.54, 1.807) is 11.3 Å². The van der Waals surface area contributed by atoms with Gasteiger partial charge in [0, 0.05) is 36.9 Å². The van der Waals surface area contributed by atoms with Crippen LogP contribution in [-0.2, 0) is 13.1 Å². The number of aromatic nitrogens is 2. The Bertz CT molecular complexity index is 498. The van der Waals surface area contributed by atoms with Crippen molar-refractivity contribution in [2.75, 3.05) is 18.4 Å². The highest BCUT2D eigenvalue weighted by Gasteiger charge is 2.08. The molecule has 20 heavy (non-hydrogen) atoms. The second-order valence-electron chi connectivity index (χ2n) is 4.68. The Morgan fingerprint density at radius 2 is 2.10 bits per heavy atom. The molecule has 0 atom stereocenters. The van der Waals surface area contributed by atoms with Crippen LogP contribution in [-0.4, -0.2) is 28.0 Å². The highest BCUT2D eigenvalue weighted by atomic mass is 32.1. The molecule has 0 spiro atoms. The minimum atomic E-state index is 0.882. The number of nitrogens with zero attached hydrogens (tertiary/aromatic N) is 3. The predicted octanol–water partition coefficient (Wildman–Crippen LogP) is 3.38. The summed E-state index contributed by atoms with van der Waals surface area (Å²) in [5.41, 5.74) is 1.11. The number of pyridine rings is 1. The number of anilines is 1. The van der Waals surface area contributed by atoms with Crippen molar-refractivity contribution in [3.63, 3.8) is 0 Å². The van der Waals surface area contributed by atoms with E-state index in [0.29, 0.717) is 0 Å². The molecule has 0 unspecified atom stereocenters. The van der Waals surface area contributed by atoms with Gasteiger partial charge in [0.25, 0.3) is 0 Å². The van der Waals surface area contributed by atoms with Crippen LogP contribution in [0, 0.1) is 0 Å². The van der Waals surface area contributed by atoms with Gasteiger partial charge in [-0.3, -0.25) is 9.88 Å². The zero-order valence-electron chi connectivity index (χ0n) is 12.2. The van der Waals surface area contributed by atoms with Gasteiger partial charge in [-0.25, -0.2) is 4.98 Å². The number of rotatable bonds is 8. The van der Waals surface area contributed by atoms with Gasteiger partial charge in [-0.05, 0) is 25.1 Å². The first-order chi connectivity index (χ1) is 9.81. The molecule has 0 radical (unpaired) electrons. The molecule has 2 aromatic heterocycles. The van der Waals surface area contributed by atoms with E-state index in [0.717, 1.165) is 43.4 Å². The van der Waals surface area contributed by atoms with Crippen LogP contribution in [0.2, 0.25) is 0 Å². The van der Waals surface area contributed by atoms with Gasteiger partial charge in [-0.1, -0.05) is 19.9 Å². The lowest BCUT2D eigenvalue weighted by Gasteiger charge is -2.18. The second kappa shape index (κ2) is 7.97. The summed E-state index contributed by atoms with van der Waals surface area (Å²) in [6.45, 7) is 8.14. The molecule has 0 fully saturated rings. The summed E-state index contributed by atoms with van der Waals surface area (Å²) >= 11 is 1.74. The predicted molar refractivity (Wildman–Crippen MR) is 84.9 cm³/mol. The average molecular weight is 290 g/mol. The number of thiazole rings is 1. The first-order valence-corrected chi connectivity index (χ1v) is 7.94. The number of hydrogen-bond donors (Lipinski definition) is 1. The minimum absolute atomic E-state index is 0.882. The third kappa shape index (κ3) is 4.58. The van der Waals surface area contributed by atoms with Gasteiger partial charge < -0.3 is 5.32 Å². The van der Waals surface area contributed by atoms with Gasteiger partial charge in [-0.2, -0.15) is 0 Å². The van der Waals surface area contributed by atoms with Crippen molar-refractivity contribution in [3.8, 4) is 0 Å². The molecule has 0 aromatic carbocycles. The molecular weight excluding hydrogens is 268 g/mol. The van der Waals surface area contributed by atoms with Crippen LogP contribution in [0.3, 0.4) is 0 Å². The molecule has 0 saturated heterocycles. The Hall–Kier alpha value is -1.46. The maximum Gasteiger partial charge on any atom is 0.182 e. The van der Waals surface area contributed by atoms with E-state index in [9.17, 15) is 0 Å². The minimum Gasteiger partial charge on any atom is -0.362 e. The topological polar surface area (TPSA) is 41.1 Å². The van der Waals surface area contributed by atoms with Crippen LogP contribution >= 0.6 is 11.3 Å². The molecule has 108 valence electrons. The van der Waals surface area contributed by atoms with Gasteiger partial charge in [0.15, 0.2) is 5.13 Å².